The molecule has 1 amide bonds. The molecular weight excluding hydrogens is 278 g/mol. The van der Waals surface area contributed by atoms with E-state index < -0.39 is 6.04 Å². The van der Waals surface area contributed by atoms with Gasteiger partial charge in [-0.1, -0.05) is 31.2 Å². The second-order valence-electron chi connectivity index (χ2n) is 5.48. The van der Waals surface area contributed by atoms with Crippen molar-refractivity contribution in [1.82, 2.24) is 15.1 Å². The summed E-state index contributed by atoms with van der Waals surface area (Å²) in [6, 6.07) is 9.47. The largest absolute Gasteiger partial charge is 0.394 e. The third-order valence-electron chi connectivity index (χ3n) is 3.70. The van der Waals surface area contributed by atoms with Crippen molar-refractivity contribution >= 4 is 5.91 Å². The molecule has 2 aromatic rings. The monoisotopic (exact) mass is 301 g/mol. The Hall–Kier alpha value is -2.14. The Bertz CT molecular complexity index is 632. The Morgan fingerprint density at radius 1 is 1.32 bits per heavy atom. The third kappa shape index (κ3) is 3.95. The van der Waals surface area contributed by atoms with Gasteiger partial charge in [0.25, 0.3) is 0 Å². The number of hydrogen-bond acceptors (Lipinski definition) is 3. The third-order valence-corrected chi connectivity index (χ3v) is 3.70. The lowest BCUT2D eigenvalue weighted by atomic mass is 10.0. The molecular formula is C17H23N3O2. The highest BCUT2D eigenvalue weighted by Crippen LogP contribution is 2.14. The lowest BCUT2D eigenvalue weighted by molar-refractivity contribution is -0.123. The van der Waals surface area contributed by atoms with Crippen molar-refractivity contribution in [2.24, 2.45) is 0 Å². The maximum atomic E-state index is 12.2. The molecule has 0 spiro atoms. The topological polar surface area (TPSA) is 67.2 Å². The standard InChI is InChI=1S/C17H23N3O2/c1-4-14-5-7-15(8-6-14)16(11-21)18-17(22)10-20-13(3)9-12(2)19-20/h5-9,16,21H,4,10-11H2,1-3H3,(H,18,22). The summed E-state index contributed by atoms with van der Waals surface area (Å²) in [5, 5.41) is 16.7. The zero-order valence-electron chi connectivity index (χ0n) is 13.3. The SMILES string of the molecule is CCc1ccc(C(CO)NC(=O)Cn2nc(C)cc2C)cc1. The first-order valence-electron chi connectivity index (χ1n) is 7.53. The van der Waals surface area contributed by atoms with Gasteiger partial charge in [-0.3, -0.25) is 9.48 Å². The van der Waals surface area contributed by atoms with Crippen LogP contribution in [0.25, 0.3) is 0 Å². The van der Waals surface area contributed by atoms with E-state index in [-0.39, 0.29) is 19.1 Å². The number of aryl methyl sites for hydroxylation is 3. The molecule has 0 fully saturated rings. The van der Waals surface area contributed by atoms with Crippen molar-refractivity contribution in [2.75, 3.05) is 6.61 Å². The average Bonchev–Trinajstić information content (AvgIpc) is 2.82. The van der Waals surface area contributed by atoms with Crippen LogP contribution in [0.1, 0.15) is 35.5 Å². The van der Waals surface area contributed by atoms with Crippen molar-refractivity contribution in [1.29, 1.82) is 0 Å². The molecule has 5 nitrogen and oxygen atoms in total. The fourth-order valence-electron chi connectivity index (χ4n) is 2.43. The predicted molar refractivity (Wildman–Crippen MR) is 85.5 cm³/mol. The molecule has 22 heavy (non-hydrogen) atoms. The number of hydrogen-bond donors (Lipinski definition) is 2. The van der Waals surface area contributed by atoms with Crippen molar-refractivity contribution < 1.29 is 9.90 Å². The normalized spacial score (nSPS) is 12.2. The molecule has 0 aliphatic carbocycles. The summed E-state index contributed by atoms with van der Waals surface area (Å²) >= 11 is 0. The first kappa shape index (κ1) is 16.2. The summed E-state index contributed by atoms with van der Waals surface area (Å²) in [6.45, 7) is 5.93. The Morgan fingerprint density at radius 2 is 2.00 bits per heavy atom. The van der Waals surface area contributed by atoms with E-state index in [9.17, 15) is 9.90 Å². The minimum absolute atomic E-state index is 0.131. The van der Waals surface area contributed by atoms with E-state index >= 15 is 0 Å². The molecule has 0 radical (unpaired) electrons. The molecule has 0 saturated carbocycles. The molecule has 0 bridgehead atoms. The molecule has 2 N–H and O–H groups in total. The number of amides is 1. The van der Waals surface area contributed by atoms with E-state index in [1.807, 2.05) is 44.2 Å². The highest BCUT2D eigenvalue weighted by molar-refractivity contribution is 5.76. The predicted octanol–water partition coefficient (Wildman–Crippen LogP) is 1.91. The summed E-state index contributed by atoms with van der Waals surface area (Å²) in [5.41, 5.74) is 3.97. The lowest BCUT2D eigenvalue weighted by Crippen LogP contribution is -2.33. The molecule has 1 unspecified atom stereocenters. The van der Waals surface area contributed by atoms with E-state index in [2.05, 4.69) is 17.3 Å². The van der Waals surface area contributed by atoms with Crippen LogP contribution in [0.4, 0.5) is 0 Å². The smallest absolute Gasteiger partial charge is 0.242 e. The van der Waals surface area contributed by atoms with Crippen molar-refractivity contribution in [3.05, 3.63) is 52.8 Å². The number of carbonyl (C=O) groups excluding carboxylic acids is 1. The number of aromatic nitrogens is 2. The van der Waals surface area contributed by atoms with E-state index in [1.54, 1.807) is 4.68 Å². The van der Waals surface area contributed by atoms with E-state index in [1.165, 1.54) is 5.56 Å². The van der Waals surface area contributed by atoms with Gasteiger partial charge in [-0.05, 0) is 37.5 Å². The van der Waals surface area contributed by atoms with Gasteiger partial charge < -0.3 is 10.4 Å². The number of carbonyl (C=O) groups is 1. The number of aliphatic hydroxyl groups excluding tert-OH is 1. The molecule has 1 aromatic heterocycles. The minimum atomic E-state index is -0.393. The van der Waals surface area contributed by atoms with Crippen LogP contribution in [-0.4, -0.2) is 27.4 Å². The minimum Gasteiger partial charge on any atom is -0.394 e. The van der Waals surface area contributed by atoms with Gasteiger partial charge in [-0.15, -0.1) is 0 Å². The molecule has 5 heteroatoms. The van der Waals surface area contributed by atoms with Crippen LogP contribution < -0.4 is 5.32 Å². The number of aliphatic hydroxyl groups is 1. The second kappa shape index (κ2) is 7.22. The molecule has 1 heterocycles. The molecule has 1 atom stereocenters. The van der Waals surface area contributed by atoms with Crippen LogP contribution in [0, 0.1) is 13.8 Å². The van der Waals surface area contributed by atoms with Crippen LogP contribution in [0.2, 0.25) is 0 Å². The molecule has 0 aliphatic rings. The maximum Gasteiger partial charge on any atom is 0.242 e. The van der Waals surface area contributed by atoms with Crippen LogP contribution >= 0.6 is 0 Å². The quantitative estimate of drug-likeness (QED) is 0.856. The van der Waals surface area contributed by atoms with Crippen molar-refractivity contribution in [3.8, 4) is 0 Å². The van der Waals surface area contributed by atoms with Crippen LogP contribution in [0.15, 0.2) is 30.3 Å². The molecule has 118 valence electrons. The van der Waals surface area contributed by atoms with Gasteiger partial charge in [0.05, 0.1) is 18.3 Å². The highest BCUT2D eigenvalue weighted by Gasteiger charge is 2.15. The van der Waals surface area contributed by atoms with E-state index in [0.29, 0.717) is 0 Å². The fraction of sp³-hybridized carbons (Fsp3) is 0.412. The summed E-state index contributed by atoms with van der Waals surface area (Å²) in [7, 11) is 0. The van der Waals surface area contributed by atoms with E-state index in [4.69, 9.17) is 0 Å². The Morgan fingerprint density at radius 3 is 2.50 bits per heavy atom. The van der Waals surface area contributed by atoms with Crippen LogP contribution in [-0.2, 0) is 17.8 Å². The number of benzene rings is 1. The lowest BCUT2D eigenvalue weighted by Gasteiger charge is -2.17. The van der Waals surface area contributed by atoms with Gasteiger partial charge >= 0.3 is 0 Å². The Balaban J connectivity index is 2.02. The number of rotatable bonds is 6. The molecule has 0 saturated heterocycles. The number of nitrogens with zero attached hydrogens (tertiary/aromatic N) is 2. The fourth-order valence-corrected chi connectivity index (χ4v) is 2.43. The Labute approximate surface area is 131 Å². The second-order valence-corrected chi connectivity index (χ2v) is 5.48. The highest BCUT2D eigenvalue weighted by atomic mass is 16.3. The van der Waals surface area contributed by atoms with Gasteiger partial charge in [0, 0.05) is 5.69 Å². The van der Waals surface area contributed by atoms with Crippen LogP contribution in [0.3, 0.4) is 0 Å². The summed E-state index contributed by atoms with van der Waals surface area (Å²) in [4.78, 5) is 12.2. The Kier molecular flexibility index (Phi) is 5.33. The van der Waals surface area contributed by atoms with Crippen LogP contribution in [0.5, 0.6) is 0 Å². The first-order chi connectivity index (χ1) is 10.5. The van der Waals surface area contributed by atoms with Crippen molar-refractivity contribution in [2.45, 2.75) is 39.8 Å². The average molecular weight is 301 g/mol. The zero-order valence-corrected chi connectivity index (χ0v) is 13.3. The van der Waals surface area contributed by atoms with Gasteiger partial charge in [-0.2, -0.15) is 5.10 Å². The summed E-state index contributed by atoms with van der Waals surface area (Å²) in [6.07, 6.45) is 0.967. The number of nitrogens with one attached hydrogen (secondary N) is 1. The van der Waals surface area contributed by atoms with E-state index in [0.717, 1.165) is 23.4 Å². The summed E-state index contributed by atoms with van der Waals surface area (Å²) < 4.78 is 1.67. The van der Waals surface area contributed by atoms with Crippen molar-refractivity contribution in [3.63, 3.8) is 0 Å². The van der Waals surface area contributed by atoms with Gasteiger partial charge in [0.15, 0.2) is 0 Å². The van der Waals surface area contributed by atoms with Gasteiger partial charge in [0.1, 0.15) is 6.54 Å². The molecule has 0 aliphatic heterocycles. The van der Waals surface area contributed by atoms with Gasteiger partial charge in [0.2, 0.25) is 5.91 Å². The molecule has 2 rings (SSSR count). The summed E-state index contributed by atoms with van der Waals surface area (Å²) in [5.74, 6) is -0.162. The first-order valence-corrected chi connectivity index (χ1v) is 7.53. The van der Waals surface area contributed by atoms with Gasteiger partial charge in [-0.25, -0.2) is 0 Å². The maximum absolute atomic E-state index is 12.2. The molecule has 1 aromatic carbocycles. The zero-order chi connectivity index (χ0) is 16.1.